The Morgan fingerprint density at radius 3 is 0.837 bits per heavy atom. The Morgan fingerprint density at radius 1 is 0.347 bits per heavy atom. The molecule has 550 valence electrons. The van der Waals surface area contributed by atoms with Gasteiger partial charge >= 0.3 is 0 Å². The van der Waals surface area contributed by atoms with Crippen molar-refractivity contribution in [1.82, 2.24) is 42.5 Å². The molecule has 0 aromatic heterocycles. The minimum atomic E-state index is -1.52. The number of benzene rings is 2. The molecule has 0 radical (unpaired) electrons. The van der Waals surface area contributed by atoms with Crippen molar-refractivity contribution in [3.63, 3.8) is 0 Å². The normalized spacial score (nSPS) is 13.5. The lowest BCUT2D eigenvalue weighted by Crippen LogP contribution is -2.61. The Labute approximate surface area is 571 Å². The summed E-state index contributed by atoms with van der Waals surface area (Å²) >= 11 is 0. The van der Waals surface area contributed by atoms with Crippen LogP contribution in [-0.4, -0.2) is 193 Å². The topological polar surface area (TPSA) is 677 Å². The summed E-state index contributed by atoms with van der Waals surface area (Å²) in [4.78, 5) is 149. The molecule has 0 saturated heterocycles. The summed E-state index contributed by atoms with van der Waals surface area (Å²) in [6.45, 7) is 2.42. The molecule has 98 heavy (non-hydrogen) atoms. The molecule has 0 bridgehead atoms. The van der Waals surface area contributed by atoms with E-state index in [0.29, 0.717) is 75.6 Å². The number of guanidine groups is 3. The summed E-state index contributed by atoms with van der Waals surface area (Å²) in [5.41, 5.74) is 68.9. The van der Waals surface area contributed by atoms with Crippen LogP contribution in [0.15, 0.2) is 63.5 Å². The van der Waals surface area contributed by atoms with E-state index in [2.05, 4.69) is 57.5 Å². The summed E-state index contributed by atoms with van der Waals surface area (Å²) < 4.78 is 0. The first-order chi connectivity index (χ1) is 46.5. The Morgan fingerprint density at radius 2 is 0.571 bits per heavy atom. The summed E-state index contributed by atoms with van der Waals surface area (Å²) in [6.07, 6.45) is 3.76. The molecule has 2 aromatic rings. The summed E-state index contributed by atoms with van der Waals surface area (Å²) in [5, 5.41) is 49.5. The molecule has 0 aliphatic heterocycles. The Balaban J connectivity index is 0.0000117. The van der Waals surface area contributed by atoms with Crippen LogP contribution >= 0.6 is 0 Å². The molecule has 36 nitrogen and oxygen atoms in total. The molecular formula is C62H109N23O13. The van der Waals surface area contributed by atoms with E-state index in [1.165, 1.54) is 48.5 Å². The van der Waals surface area contributed by atoms with Gasteiger partial charge in [-0.3, -0.25) is 62.9 Å². The number of hydrogen-bond acceptors (Lipinski definition) is 20. The van der Waals surface area contributed by atoms with E-state index in [0.717, 1.165) is 6.92 Å². The number of hydrogen-bond donors (Lipinski definition) is 23. The highest BCUT2D eigenvalue weighted by atomic mass is 16.4. The van der Waals surface area contributed by atoms with Crippen molar-refractivity contribution in [1.29, 1.82) is 0 Å². The first-order valence-electron chi connectivity index (χ1n) is 32.8. The molecule has 0 fully saturated rings. The van der Waals surface area contributed by atoms with E-state index in [1.54, 1.807) is 0 Å². The van der Waals surface area contributed by atoms with Gasteiger partial charge in [0.25, 0.3) is 5.97 Å². The van der Waals surface area contributed by atoms with Gasteiger partial charge in [0.15, 0.2) is 17.9 Å². The van der Waals surface area contributed by atoms with Gasteiger partial charge in [0.1, 0.15) is 59.8 Å². The van der Waals surface area contributed by atoms with Gasteiger partial charge in [-0.2, -0.15) is 0 Å². The predicted molar refractivity (Wildman–Crippen MR) is 371 cm³/mol. The number of carboxylic acids is 1. The lowest BCUT2D eigenvalue weighted by atomic mass is 10.0. The largest absolute Gasteiger partial charge is 0.508 e. The first-order valence-corrected chi connectivity index (χ1v) is 32.8. The van der Waals surface area contributed by atoms with E-state index in [9.17, 15) is 53.4 Å². The molecule has 0 saturated carbocycles. The maximum Gasteiger partial charge on any atom is 0.300 e. The number of phenolic OH excluding ortho intramolecular Hbond substituents is 2. The summed E-state index contributed by atoms with van der Waals surface area (Å²) in [7, 11) is 0. The third-order valence-corrected chi connectivity index (χ3v) is 14.8. The highest BCUT2D eigenvalue weighted by Gasteiger charge is 2.35. The van der Waals surface area contributed by atoms with Crippen molar-refractivity contribution in [2.45, 2.75) is 190 Å². The molecule has 0 spiro atoms. The average molecular weight is 1380 g/mol. The Kier molecular flexibility index (Phi) is 43.9. The van der Waals surface area contributed by atoms with E-state index in [4.69, 9.17) is 78.7 Å². The predicted octanol–water partition coefficient (Wildman–Crippen LogP) is -5.66. The van der Waals surface area contributed by atoms with Gasteiger partial charge in [0, 0.05) is 39.4 Å². The SMILES string of the molecule is CC(=O)O.NCCCC[C@H](NC(=O)[C@H](CCCN=C(N)N)NC(=O)[C@H](CCCN=C(N)N)NC(=O)[C@H](Cc1ccc(O)cc1)NC(=O)[C@H](CCCCN)NC(=O)[C@H](Cc1ccc(O)cc1)NC(=O)[C@H](CCCCN)NC(=O)[C@H](CCCCN)NC(=O)[C@@H](N)CCCN=C(N)N)C(N)=O. The number of nitrogens with two attached hydrogens (primary N) is 12. The van der Waals surface area contributed by atoms with Crippen molar-refractivity contribution >= 4 is 77.0 Å². The maximum absolute atomic E-state index is 14.9. The van der Waals surface area contributed by atoms with Crippen LogP contribution in [-0.2, 0) is 60.8 Å². The number of aromatic hydroxyl groups is 2. The van der Waals surface area contributed by atoms with Gasteiger partial charge in [-0.25, -0.2) is 0 Å². The lowest BCUT2D eigenvalue weighted by molar-refractivity contribution is -0.136. The Bertz CT molecular complexity index is 2850. The van der Waals surface area contributed by atoms with Crippen LogP contribution in [0, 0.1) is 0 Å². The van der Waals surface area contributed by atoms with E-state index >= 15 is 0 Å². The van der Waals surface area contributed by atoms with Crippen molar-refractivity contribution in [2.24, 2.45) is 83.8 Å². The third-order valence-electron chi connectivity index (χ3n) is 14.8. The second kappa shape index (κ2) is 49.8. The number of rotatable bonds is 49. The van der Waals surface area contributed by atoms with Crippen molar-refractivity contribution in [3.05, 3.63) is 59.7 Å². The molecule has 0 aliphatic carbocycles. The number of nitrogens with zero attached hydrogens (tertiary/aromatic N) is 3. The number of amides is 9. The number of aliphatic imine (C=N–C) groups is 3. The number of aliphatic carboxylic acids is 1. The highest BCUT2D eigenvalue weighted by Crippen LogP contribution is 2.16. The van der Waals surface area contributed by atoms with Crippen LogP contribution in [0.2, 0.25) is 0 Å². The zero-order valence-electron chi connectivity index (χ0n) is 56.1. The van der Waals surface area contributed by atoms with Gasteiger partial charge in [0.05, 0.1) is 6.04 Å². The van der Waals surface area contributed by atoms with Gasteiger partial charge in [0.2, 0.25) is 53.2 Å². The quantitative estimate of drug-likeness (QED) is 0.0167. The standard InChI is InChI=1S/C60H105N23O11.C2H4O2/c61-27-5-1-13-41(49(66)86)76-51(88)45(17-10-32-74-59(69)70)79-53(90)46(18-11-33-75-60(71)72)81-57(94)48(35-37-21-25-39(85)26-22-37)83-55(92)44(16-4-8-30-64)80-56(93)47(34-36-19-23-38(84)24-20-36)82-54(91)43(15-3-7-29-63)78-52(89)42(14-2-6-28-62)77-50(87)40(65)12-9-31-73-58(67)68;1-2(3)4/h19-26,40-48,84-85H,1-18,27-35,61-65H2,(H2,66,86)(H,76,88)(H,77,87)(H,78,89)(H,79,90)(H,80,93)(H,81,94)(H,82,91)(H,83,92)(H4,67,68,73)(H4,69,70,74)(H4,71,72,75);1H3,(H,3,4)/t40-,41-,42-,43-,44-,45-,46-,47-,48-;/m0./s1. The highest BCUT2D eigenvalue weighted by molar-refractivity contribution is 5.98. The van der Waals surface area contributed by atoms with Crippen LogP contribution in [0.1, 0.15) is 134 Å². The van der Waals surface area contributed by atoms with E-state index < -0.39 is 114 Å². The summed E-state index contributed by atoms with van der Waals surface area (Å²) in [5.74, 6) is -8.96. The molecule has 2 aromatic carbocycles. The minimum Gasteiger partial charge on any atom is -0.508 e. The zero-order valence-corrected chi connectivity index (χ0v) is 56.1. The molecule has 36 heteroatoms. The smallest absolute Gasteiger partial charge is 0.300 e. The second-order valence-electron chi connectivity index (χ2n) is 23.2. The molecule has 0 unspecified atom stereocenters. The number of unbranched alkanes of at least 4 members (excludes halogenated alkanes) is 4. The van der Waals surface area contributed by atoms with E-state index in [-0.39, 0.29) is 139 Å². The third kappa shape index (κ3) is 38.8. The monoisotopic (exact) mass is 1380 g/mol. The number of carbonyl (C=O) groups excluding carboxylic acids is 9. The first kappa shape index (κ1) is 86.4. The molecule has 2 rings (SSSR count). The van der Waals surface area contributed by atoms with Crippen LogP contribution < -0.4 is 111 Å². The van der Waals surface area contributed by atoms with Crippen LogP contribution in [0.25, 0.3) is 0 Å². The molecule has 9 atom stereocenters. The molecule has 0 aliphatic rings. The molecule has 35 N–H and O–H groups in total. The number of nitrogens with one attached hydrogen (secondary N) is 8. The van der Waals surface area contributed by atoms with E-state index in [1.807, 2.05) is 0 Å². The second-order valence-corrected chi connectivity index (χ2v) is 23.2. The fraction of sp³-hybridized carbons (Fsp3) is 0.597. The fourth-order valence-electron chi connectivity index (χ4n) is 9.60. The zero-order chi connectivity index (χ0) is 73.5. The van der Waals surface area contributed by atoms with Gasteiger partial charge in [-0.1, -0.05) is 24.3 Å². The number of carboxylic acid groups (broad SMARTS) is 1. The molecular weight excluding hydrogens is 1270 g/mol. The molecule has 9 amide bonds. The lowest BCUT2D eigenvalue weighted by Gasteiger charge is -2.28. The molecule has 0 heterocycles. The number of phenols is 2. The van der Waals surface area contributed by atoms with Crippen molar-refractivity contribution in [2.75, 3.05) is 45.8 Å². The van der Waals surface area contributed by atoms with Crippen LogP contribution in [0.3, 0.4) is 0 Å². The fourth-order valence-corrected chi connectivity index (χ4v) is 9.60. The van der Waals surface area contributed by atoms with Crippen LogP contribution in [0.5, 0.6) is 11.5 Å². The maximum atomic E-state index is 14.9. The number of carbonyl (C=O) groups is 10. The van der Waals surface area contributed by atoms with Crippen LogP contribution in [0.4, 0.5) is 0 Å². The summed E-state index contributed by atoms with van der Waals surface area (Å²) in [6, 6.07) is -0.358. The number of primary amides is 1. The van der Waals surface area contributed by atoms with Gasteiger partial charge in [-0.15, -0.1) is 0 Å². The average Bonchev–Trinajstić information content (AvgIpc) is 0.865. The van der Waals surface area contributed by atoms with Crippen molar-refractivity contribution in [3.8, 4) is 11.5 Å². The Hall–Kier alpha value is -9.65. The minimum absolute atomic E-state index is 0.000447. The van der Waals surface area contributed by atoms with Gasteiger partial charge in [-0.05, 0) is 177 Å². The van der Waals surface area contributed by atoms with Gasteiger partial charge < -0.3 is 127 Å². The van der Waals surface area contributed by atoms with Crippen molar-refractivity contribution < 1.29 is 63.3 Å².